The summed E-state index contributed by atoms with van der Waals surface area (Å²) in [5, 5.41) is 9.68. The van der Waals surface area contributed by atoms with Gasteiger partial charge in [-0.1, -0.05) is 11.6 Å². The first-order valence-electron chi connectivity index (χ1n) is 6.61. The fourth-order valence-electron chi connectivity index (χ4n) is 2.42. The Morgan fingerprint density at radius 2 is 1.89 bits per heavy atom. The van der Waals surface area contributed by atoms with E-state index in [0.29, 0.717) is 0 Å². The van der Waals surface area contributed by atoms with Crippen molar-refractivity contribution < 1.29 is 9.84 Å². The maximum absolute atomic E-state index is 8.93. The van der Waals surface area contributed by atoms with Gasteiger partial charge in [-0.25, -0.2) is 0 Å². The monoisotopic (exact) mass is 284 g/mol. The molecule has 1 aromatic rings. The molecule has 1 aliphatic heterocycles. The molecule has 2 rings (SSSR count). The third-order valence-electron chi connectivity index (χ3n) is 3.52. The van der Waals surface area contributed by atoms with Gasteiger partial charge in [-0.15, -0.1) is 0 Å². The maximum atomic E-state index is 8.93. The van der Waals surface area contributed by atoms with Crippen LogP contribution in [-0.4, -0.2) is 61.3 Å². The van der Waals surface area contributed by atoms with Gasteiger partial charge < -0.3 is 9.84 Å². The Morgan fingerprint density at radius 1 is 1.21 bits per heavy atom. The predicted octanol–water partition coefficient (Wildman–Crippen LogP) is 1.46. The minimum atomic E-state index is 0.238. The lowest BCUT2D eigenvalue weighted by atomic mass is 10.1. The van der Waals surface area contributed by atoms with Gasteiger partial charge in [0.05, 0.1) is 13.7 Å². The highest BCUT2D eigenvalue weighted by molar-refractivity contribution is 6.30. The van der Waals surface area contributed by atoms with Crippen molar-refractivity contribution >= 4 is 11.6 Å². The zero-order valence-corrected chi connectivity index (χ0v) is 12.1. The smallest absolute Gasteiger partial charge is 0.123 e. The molecule has 1 saturated heterocycles. The molecule has 4 nitrogen and oxygen atoms in total. The minimum Gasteiger partial charge on any atom is -0.496 e. The van der Waals surface area contributed by atoms with Crippen molar-refractivity contribution in [3.63, 3.8) is 0 Å². The lowest BCUT2D eigenvalue weighted by molar-refractivity contribution is 0.108. The van der Waals surface area contributed by atoms with E-state index in [-0.39, 0.29) is 6.61 Å². The van der Waals surface area contributed by atoms with E-state index in [9.17, 15) is 0 Å². The second kappa shape index (κ2) is 7.10. The molecule has 1 heterocycles. The van der Waals surface area contributed by atoms with Gasteiger partial charge in [-0.2, -0.15) is 0 Å². The number of halogens is 1. The molecule has 0 bridgehead atoms. The van der Waals surface area contributed by atoms with Crippen molar-refractivity contribution in [2.45, 2.75) is 6.54 Å². The largest absolute Gasteiger partial charge is 0.496 e. The molecule has 1 fully saturated rings. The fraction of sp³-hybridized carbons (Fsp3) is 0.571. The van der Waals surface area contributed by atoms with Crippen molar-refractivity contribution in [1.29, 1.82) is 0 Å². The number of ether oxygens (including phenoxy) is 1. The lowest BCUT2D eigenvalue weighted by Crippen LogP contribution is -2.46. The number of aliphatic hydroxyl groups is 1. The van der Waals surface area contributed by atoms with Crippen LogP contribution in [-0.2, 0) is 6.54 Å². The van der Waals surface area contributed by atoms with Crippen LogP contribution in [0.25, 0.3) is 0 Å². The van der Waals surface area contributed by atoms with Gasteiger partial charge in [0, 0.05) is 49.9 Å². The summed E-state index contributed by atoms with van der Waals surface area (Å²) in [5.74, 6) is 0.891. The molecule has 0 unspecified atom stereocenters. The first kappa shape index (κ1) is 14.6. The van der Waals surface area contributed by atoms with E-state index in [4.69, 9.17) is 21.4 Å². The molecule has 0 radical (unpaired) electrons. The summed E-state index contributed by atoms with van der Waals surface area (Å²) in [4.78, 5) is 4.67. The molecule has 1 aromatic carbocycles. The molecule has 106 valence electrons. The zero-order valence-electron chi connectivity index (χ0n) is 11.3. The fourth-order valence-corrected chi connectivity index (χ4v) is 2.62. The summed E-state index contributed by atoms with van der Waals surface area (Å²) in [5.41, 5.74) is 1.13. The van der Waals surface area contributed by atoms with Crippen molar-refractivity contribution in [2.75, 3.05) is 46.4 Å². The predicted molar refractivity (Wildman–Crippen MR) is 76.8 cm³/mol. The maximum Gasteiger partial charge on any atom is 0.123 e. The topological polar surface area (TPSA) is 35.9 Å². The Hall–Kier alpha value is -0.810. The quantitative estimate of drug-likeness (QED) is 0.888. The second-order valence-electron chi connectivity index (χ2n) is 4.80. The van der Waals surface area contributed by atoms with Gasteiger partial charge >= 0.3 is 0 Å². The van der Waals surface area contributed by atoms with Gasteiger partial charge in [0.1, 0.15) is 5.75 Å². The average Bonchev–Trinajstić information content (AvgIpc) is 2.42. The molecule has 19 heavy (non-hydrogen) atoms. The van der Waals surface area contributed by atoms with E-state index in [1.165, 1.54) is 0 Å². The number of piperazine rings is 1. The molecule has 0 spiro atoms. The highest BCUT2D eigenvalue weighted by atomic mass is 35.5. The van der Waals surface area contributed by atoms with Crippen LogP contribution in [0.4, 0.5) is 0 Å². The van der Waals surface area contributed by atoms with Gasteiger partial charge in [0.25, 0.3) is 0 Å². The molecule has 1 aliphatic rings. The summed E-state index contributed by atoms with van der Waals surface area (Å²) in [7, 11) is 1.69. The van der Waals surface area contributed by atoms with Gasteiger partial charge in [-0.3, -0.25) is 9.80 Å². The number of benzene rings is 1. The highest BCUT2D eigenvalue weighted by Gasteiger charge is 2.17. The van der Waals surface area contributed by atoms with Crippen LogP contribution in [0.1, 0.15) is 5.56 Å². The van der Waals surface area contributed by atoms with E-state index in [1.807, 2.05) is 18.2 Å². The van der Waals surface area contributed by atoms with Gasteiger partial charge in [0.15, 0.2) is 0 Å². The van der Waals surface area contributed by atoms with Crippen LogP contribution in [0.15, 0.2) is 18.2 Å². The standard InChI is InChI=1S/C14H21ClN2O2/c1-19-14-3-2-13(15)10-12(14)11-17-6-4-16(5-7-17)8-9-18/h2-3,10,18H,4-9,11H2,1H3. The summed E-state index contributed by atoms with van der Waals surface area (Å²) in [6, 6.07) is 5.74. The zero-order chi connectivity index (χ0) is 13.7. The van der Waals surface area contributed by atoms with Crippen LogP contribution in [0.2, 0.25) is 5.02 Å². The van der Waals surface area contributed by atoms with E-state index in [0.717, 1.165) is 55.6 Å². The molecular formula is C14H21ClN2O2. The molecule has 0 aromatic heterocycles. The lowest BCUT2D eigenvalue weighted by Gasteiger charge is -2.34. The Kier molecular flexibility index (Phi) is 5.45. The van der Waals surface area contributed by atoms with Crippen molar-refractivity contribution in [3.05, 3.63) is 28.8 Å². The number of rotatable bonds is 5. The molecular weight excluding hydrogens is 264 g/mol. The molecule has 5 heteroatoms. The molecule has 1 N–H and O–H groups in total. The number of aliphatic hydroxyl groups excluding tert-OH is 1. The molecule has 0 amide bonds. The SMILES string of the molecule is COc1ccc(Cl)cc1CN1CCN(CCO)CC1. The Balaban J connectivity index is 1.93. The molecule has 0 saturated carbocycles. The highest BCUT2D eigenvalue weighted by Crippen LogP contribution is 2.24. The van der Waals surface area contributed by atoms with E-state index in [2.05, 4.69) is 9.80 Å². The summed E-state index contributed by atoms with van der Waals surface area (Å²) >= 11 is 6.05. The van der Waals surface area contributed by atoms with E-state index in [1.54, 1.807) is 7.11 Å². The third-order valence-corrected chi connectivity index (χ3v) is 3.75. The molecule has 0 atom stereocenters. The normalized spacial score (nSPS) is 17.6. The summed E-state index contributed by atoms with van der Waals surface area (Å²) in [6.45, 7) is 5.89. The third kappa shape index (κ3) is 4.08. The number of hydrogen-bond donors (Lipinski definition) is 1. The molecule has 0 aliphatic carbocycles. The van der Waals surface area contributed by atoms with Crippen LogP contribution in [0.5, 0.6) is 5.75 Å². The van der Waals surface area contributed by atoms with E-state index < -0.39 is 0 Å². The average molecular weight is 285 g/mol. The number of β-amino-alcohol motifs (C(OH)–C–C–N with tert-alkyl or cyclic N) is 1. The van der Waals surface area contributed by atoms with Gasteiger partial charge in [0.2, 0.25) is 0 Å². The van der Waals surface area contributed by atoms with Crippen LogP contribution in [0, 0.1) is 0 Å². The summed E-state index contributed by atoms with van der Waals surface area (Å²) < 4.78 is 5.37. The summed E-state index contributed by atoms with van der Waals surface area (Å²) in [6.07, 6.45) is 0. The first-order valence-corrected chi connectivity index (χ1v) is 6.98. The number of methoxy groups -OCH3 is 1. The Bertz CT molecular complexity index is 406. The number of nitrogens with zero attached hydrogens (tertiary/aromatic N) is 2. The first-order chi connectivity index (χ1) is 9.22. The minimum absolute atomic E-state index is 0.238. The van der Waals surface area contributed by atoms with Crippen LogP contribution < -0.4 is 4.74 Å². The van der Waals surface area contributed by atoms with E-state index >= 15 is 0 Å². The Morgan fingerprint density at radius 3 is 2.53 bits per heavy atom. The Labute approximate surface area is 119 Å². The van der Waals surface area contributed by atoms with Gasteiger partial charge in [-0.05, 0) is 18.2 Å². The van der Waals surface area contributed by atoms with Crippen LogP contribution >= 0.6 is 11.6 Å². The van der Waals surface area contributed by atoms with Crippen molar-refractivity contribution in [3.8, 4) is 5.75 Å². The number of hydrogen-bond acceptors (Lipinski definition) is 4. The van der Waals surface area contributed by atoms with Crippen molar-refractivity contribution in [2.24, 2.45) is 0 Å². The van der Waals surface area contributed by atoms with Crippen molar-refractivity contribution in [1.82, 2.24) is 9.80 Å². The second-order valence-corrected chi connectivity index (χ2v) is 5.23. The van der Waals surface area contributed by atoms with Crippen LogP contribution in [0.3, 0.4) is 0 Å².